The molecule has 1 aromatic carbocycles. The molecule has 0 bridgehead atoms. The molecule has 4 rings (SSSR count). The Morgan fingerprint density at radius 2 is 2.15 bits per heavy atom. The standard InChI is InChI=1S/C20H22N2O3S/c23-17-12-20(25-18-6-2-1-5-16(17)18)8-10-22(14-20)9-7-19(24)21-13-15-4-3-11-26-15/h1-6,11H,7-10,12-14H2,(H,21,24)/t20-/m1/s1. The van der Waals surface area contributed by atoms with Gasteiger partial charge in [-0.05, 0) is 23.6 Å². The first-order valence-electron chi connectivity index (χ1n) is 8.96. The van der Waals surface area contributed by atoms with E-state index in [4.69, 9.17) is 4.74 Å². The molecule has 2 aliphatic rings. The first-order valence-corrected chi connectivity index (χ1v) is 9.84. The zero-order valence-electron chi connectivity index (χ0n) is 14.6. The SMILES string of the molecule is O=C(CCN1CC[C@@]2(CC(=O)c3ccccc3O2)C1)NCc1cccs1. The Labute approximate surface area is 157 Å². The molecule has 1 N–H and O–H groups in total. The number of hydrogen-bond donors (Lipinski definition) is 1. The minimum atomic E-state index is -0.432. The molecule has 1 atom stereocenters. The number of fused-ring (bicyclic) bond motifs is 1. The summed E-state index contributed by atoms with van der Waals surface area (Å²) in [6.45, 7) is 2.84. The van der Waals surface area contributed by atoms with Gasteiger partial charge in [0.2, 0.25) is 5.91 Å². The monoisotopic (exact) mass is 370 g/mol. The summed E-state index contributed by atoms with van der Waals surface area (Å²) in [6.07, 6.45) is 1.71. The summed E-state index contributed by atoms with van der Waals surface area (Å²) in [6, 6.07) is 11.5. The molecule has 2 aromatic rings. The maximum absolute atomic E-state index is 12.5. The lowest BCUT2D eigenvalue weighted by molar-refractivity contribution is -0.121. The highest BCUT2D eigenvalue weighted by Crippen LogP contribution is 2.38. The van der Waals surface area contributed by atoms with Crippen LogP contribution in [0.3, 0.4) is 0 Å². The number of carbonyl (C=O) groups excluding carboxylic acids is 2. The molecule has 0 saturated carbocycles. The fraction of sp³-hybridized carbons (Fsp3) is 0.400. The van der Waals surface area contributed by atoms with Crippen LogP contribution in [0, 0.1) is 0 Å². The summed E-state index contributed by atoms with van der Waals surface area (Å²) in [5.74, 6) is 0.909. The van der Waals surface area contributed by atoms with Crippen molar-refractivity contribution < 1.29 is 14.3 Å². The van der Waals surface area contributed by atoms with Crippen LogP contribution in [0.2, 0.25) is 0 Å². The van der Waals surface area contributed by atoms with Crippen LogP contribution in [0.25, 0.3) is 0 Å². The molecule has 6 heteroatoms. The van der Waals surface area contributed by atoms with Gasteiger partial charge in [-0.15, -0.1) is 11.3 Å². The smallest absolute Gasteiger partial charge is 0.221 e. The average molecular weight is 370 g/mol. The van der Waals surface area contributed by atoms with Crippen LogP contribution in [0.15, 0.2) is 41.8 Å². The van der Waals surface area contributed by atoms with Gasteiger partial charge in [-0.2, -0.15) is 0 Å². The van der Waals surface area contributed by atoms with E-state index < -0.39 is 5.60 Å². The molecule has 5 nitrogen and oxygen atoms in total. The number of nitrogens with one attached hydrogen (secondary N) is 1. The van der Waals surface area contributed by atoms with Gasteiger partial charge in [-0.3, -0.25) is 14.5 Å². The fourth-order valence-corrected chi connectivity index (χ4v) is 4.38. The number of Topliss-reactive ketones (excluding diaryl/α,β-unsaturated/α-hetero) is 1. The van der Waals surface area contributed by atoms with Gasteiger partial charge < -0.3 is 10.1 Å². The van der Waals surface area contributed by atoms with E-state index in [-0.39, 0.29) is 11.7 Å². The molecular formula is C20H22N2O3S. The third kappa shape index (κ3) is 3.66. The highest BCUT2D eigenvalue weighted by molar-refractivity contribution is 7.09. The van der Waals surface area contributed by atoms with Crippen molar-refractivity contribution in [2.45, 2.75) is 31.4 Å². The molecule has 0 aliphatic carbocycles. The maximum Gasteiger partial charge on any atom is 0.221 e. The van der Waals surface area contributed by atoms with Crippen molar-refractivity contribution in [3.8, 4) is 5.75 Å². The van der Waals surface area contributed by atoms with E-state index in [1.165, 1.54) is 0 Å². The lowest BCUT2D eigenvalue weighted by Gasteiger charge is -2.34. The summed E-state index contributed by atoms with van der Waals surface area (Å²) in [7, 11) is 0. The van der Waals surface area contributed by atoms with Crippen molar-refractivity contribution in [1.29, 1.82) is 0 Å². The lowest BCUT2D eigenvalue weighted by Crippen LogP contribution is -2.44. The Kier molecular flexibility index (Phi) is 4.78. The molecule has 0 unspecified atom stereocenters. The van der Waals surface area contributed by atoms with E-state index in [1.54, 1.807) is 11.3 Å². The van der Waals surface area contributed by atoms with Crippen molar-refractivity contribution >= 4 is 23.0 Å². The highest BCUT2D eigenvalue weighted by atomic mass is 32.1. The van der Waals surface area contributed by atoms with Gasteiger partial charge in [-0.25, -0.2) is 0 Å². The van der Waals surface area contributed by atoms with Gasteiger partial charge >= 0.3 is 0 Å². The lowest BCUT2D eigenvalue weighted by atomic mass is 9.89. The van der Waals surface area contributed by atoms with Crippen LogP contribution in [0.5, 0.6) is 5.75 Å². The number of nitrogens with zero attached hydrogens (tertiary/aromatic N) is 1. The van der Waals surface area contributed by atoms with Crippen molar-refractivity contribution in [1.82, 2.24) is 10.2 Å². The third-order valence-electron chi connectivity index (χ3n) is 5.09. The molecule has 1 fully saturated rings. The van der Waals surface area contributed by atoms with Gasteiger partial charge in [0.15, 0.2) is 5.78 Å². The normalized spacial score (nSPS) is 22.2. The predicted octanol–water partition coefficient (Wildman–Crippen LogP) is 2.86. The van der Waals surface area contributed by atoms with Crippen molar-refractivity contribution in [3.63, 3.8) is 0 Å². The van der Waals surface area contributed by atoms with Crippen molar-refractivity contribution in [3.05, 3.63) is 52.2 Å². The Balaban J connectivity index is 1.29. The second kappa shape index (κ2) is 7.21. The summed E-state index contributed by atoms with van der Waals surface area (Å²) < 4.78 is 6.22. The number of para-hydroxylation sites is 1. The minimum Gasteiger partial charge on any atom is -0.485 e. The molecule has 1 saturated heterocycles. The van der Waals surface area contributed by atoms with E-state index in [0.717, 1.165) is 17.8 Å². The molecule has 26 heavy (non-hydrogen) atoms. The van der Waals surface area contributed by atoms with E-state index in [2.05, 4.69) is 10.2 Å². The maximum atomic E-state index is 12.5. The highest BCUT2D eigenvalue weighted by Gasteiger charge is 2.45. The zero-order chi connectivity index (χ0) is 18.0. The first-order chi connectivity index (χ1) is 12.6. The molecule has 2 aliphatic heterocycles. The van der Waals surface area contributed by atoms with Crippen LogP contribution in [0.1, 0.15) is 34.5 Å². The molecule has 136 valence electrons. The minimum absolute atomic E-state index is 0.0605. The Morgan fingerprint density at radius 1 is 1.27 bits per heavy atom. The number of rotatable bonds is 5. The van der Waals surface area contributed by atoms with Crippen molar-refractivity contribution in [2.24, 2.45) is 0 Å². The molecule has 3 heterocycles. The van der Waals surface area contributed by atoms with E-state index in [1.807, 2.05) is 41.8 Å². The van der Waals surface area contributed by atoms with Crippen LogP contribution in [-0.4, -0.2) is 41.8 Å². The first kappa shape index (κ1) is 17.2. The summed E-state index contributed by atoms with van der Waals surface area (Å²) in [4.78, 5) is 27.9. The molecule has 0 radical (unpaired) electrons. The topological polar surface area (TPSA) is 58.6 Å². The van der Waals surface area contributed by atoms with Crippen molar-refractivity contribution in [2.75, 3.05) is 19.6 Å². The van der Waals surface area contributed by atoms with Gasteiger partial charge in [-0.1, -0.05) is 18.2 Å². The van der Waals surface area contributed by atoms with Crippen LogP contribution < -0.4 is 10.1 Å². The second-order valence-corrected chi connectivity index (χ2v) is 8.05. The fourth-order valence-electron chi connectivity index (χ4n) is 3.74. The Hall–Kier alpha value is -2.18. The van der Waals surface area contributed by atoms with Gasteiger partial charge in [0.05, 0.1) is 18.5 Å². The van der Waals surface area contributed by atoms with E-state index in [0.29, 0.717) is 43.8 Å². The average Bonchev–Trinajstić information content (AvgIpc) is 3.28. The van der Waals surface area contributed by atoms with E-state index >= 15 is 0 Å². The van der Waals surface area contributed by atoms with Gasteiger partial charge in [0.25, 0.3) is 0 Å². The van der Waals surface area contributed by atoms with Crippen LogP contribution >= 0.6 is 11.3 Å². The number of amides is 1. The number of carbonyl (C=O) groups is 2. The molecule has 1 aromatic heterocycles. The van der Waals surface area contributed by atoms with E-state index in [9.17, 15) is 9.59 Å². The van der Waals surface area contributed by atoms with Gasteiger partial charge in [0, 0.05) is 37.4 Å². The zero-order valence-corrected chi connectivity index (χ0v) is 15.4. The summed E-state index contributed by atoms with van der Waals surface area (Å²) >= 11 is 1.64. The molecule has 1 amide bonds. The molecule has 1 spiro atoms. The van der Waals surface area contributed by atoms with Crippen LogP contribution in [0.4, 0.5) is 0 Å². The summed E-state index contributed by atoms with van der Waals surface area (Å²) in [5.41, 5.74) is 0.253. The summed E-state index contributed by atoms with van der Waals surface area (Å²) in [5, 5.41) is 4.97. The van der Waals surface area contributed by atoms with Crippen LogP contribution in [-0.2, 0) is 11.3 Å². The second-order valence-electron chi connectivity index (χ2n) is 7.01. The molecular weight excluding hydrogens is 348 g/mol. The number of ketones is 1. The predicted molar refractivity (Wildman–Crippen MR) is 101 cm³/mol. The number of hydrogen-bond acceptors (Lipinski definition) is 5. The Bertz CT molecular complexity index is 805. The van der Waals surface area contributed by atoms with Gasteiger partial charge in [0.1, 0.15) is 11.4 Å². The number of likely N-dealkylation sites (tertiary alicyclic amines) is 1. The number of ether oxygens (including phenoxy) is 1. The Morgan fingerprint density at radius 3 is 3.00 bits per heavy atom. The largest absolute Gasteiger partial charge is 0.485 e. The quantitative estimate of drug-likeness (QED) is 0.879. The third-order valence-corrected chi connectivity index (χ3v) is 5.96. The number of benzene rings is 1. The number of thiophene rings is 1.